The van der Waals surface area contributed by atoms with Crippen molar-refractivity contribution >= 4 is 39.8 Å². The number of hydrogen-bond acceptors (Lipinski definition) is 4. The van der Waals surface area contributed by atoms with Crippen LogP contribution in [-0.4, -0.2) is 24.6 Å². The molecule has 0 N–H and O–H groups in total. The molecule has 7 heteroatoms. The van der Waals surface area contributed by atoms with Gasteiger partial charge in [0.1, 0.15) is 0 Å². The Kier molecular flexibility index (Phi) is 2.77. The van der Waals surface area contributed by atoms with Crippen molar-refractivity contribution in [2.45, 2.75) is 0 Å². The third-order valence-corrected chi connectivity index (χ3v) is 3.55. The standard InChI is InChI=1S/C14H7Cl2N5/c15-9-5-8(6-17-7-9)12-19-13-10-3-1-2-4-11(10)18-14(16)21(13)20-12/h1-7H. The van der Waals surface area contributed by atoms with Gasteiger partial charge in [-0.05, 0) is 29.8 Å². The van der Waals surface area contributed by atoms with Crippen molar-refractivity contribution < 1.29 is 0 Å². The van der Waals surface area contributed by atoms with E-state index in [-0.39, 0.29) is 5.28 Å². The SMILES string of the molecule is Clc1cncc(-c2nc3c4ccccc4nc(Cl)n3n2)c1. The van der Waals surface area contributed by atoms with Crippen molar-refractivity contribution in [1.29, 1.82) is 0 Å². The van der Waals surface area contributed by atoms with Crippen molar-refractivity contribution in [2.24, 2.45) is 0 Å². The van der Waals surface area contributed by atoms with Gasteiger partial charge in [0, 0.05) is 23.3 Å². The number of hydrogen-bond donors (Lipinski definition) is 0. The zero-order chi connectivity index (χ0) is 14.4. The molecule has 1 aromatic carbocycles. The second kappa shape index (κ2) is 4.65. The van der Waals surface area contributed by atoms with Crippen LogP contribution in [0.4, 0.5) is 0 Å². The molecule has 5 nitrogen and oxygen atoms in total. The average Bonchev–Trinajstić information content (AvgIpc) is 2.93. The molecule has 0 atom stereocenters. The zero-order valence-corrected chi connectivity index (χ0v) is 12.0. The second-order valence-corrected chi connectivity index (χ2v) is 5.24. The maximum absolute atomic E-state index is 6.18. The van der Waals surface area contributed by atoms with Gasteiger partial charge >= 0.3 is 0 Å². The Balaban J connectivity index is 2.06. The fourth-order valence-corrected chi connectivity index (χ4v) is 2.56. The van der Waals surface area contributed by atoms with Crippen LogP contribution < -0.4 is 0 Å². The summed E-state index contributed by atoms with van der Waals surface area (Å²) in [6.07, 6.45) is 3.22. The molecule has 0 radical (unpaired) electrons. The Labute approximate surface area is 129 Å². The van der Waals surface area contributed by atoms with Crippen LogP contribution in [0, 0.1) is 0 Å². The monoisotopic (exact) mass is 315 g/mol. The van der Waals surface area contributed by atoms with Gasteiger partial charge in [-0.15, -0.1) is 5.10 Å². The van der Waals surface area contributed by atoms with E-state index in [4.69, 9.17) is 23.2 Å². The van der Waals surface area contributed by atoms with Crippen molar-refractivity contribution in [3.8, 4) is 11.4 Å². The number of halogens is 2. The van der Waals surface area contributed by atoms with E-state index >= 15 is 0 Å². The lowest BCUT2D eigenvalue weighted by Gasteiger charge is -1.99. The summed E-state index contributed by atoms with van der Waals surface area (Å²) in [6.45, 7) is 0. The Bertz CT molecular complexity index is 980. The molecule has 0 saturated carbocycles. The molecular formula is C14H7Cl2N5. The van der Waals surface area contributed by atoms with Crippen LogP contribution >= 0.6 is 23.2 Å². The molecule has 3 heterocycles. The lowest BCUT2D eigenvalue weighted by molar-refractivity contribution is 0.939. The minimum absolute atomic E-state index is 0.262. The lowest BCUT2D eigenvalue weighted by atomic mass is 10.2. The van der Waals surface area contributed by atoms with Crippen molar-refractivity contribution in [3.05, 3.63) is 53.0 Å². The summed E-state index contributed by atoms with van der Waals surface area (Å²) in [5.74, 6) is 0.505. The third kappa shape index (κ3) is 2.02. The summed E-state index contributed by atoms with van der Waals surface area (Å²) in [6, 6.07) is 9.40. The van der Waals surface area contributed by atoms with Crippen LogP contribution in [0.3, 0.4) is 0 Å². The highest BCUT2D eigenvalue weighted by molar-refractivity contribution is 6.30. The highest BCUT2D eigenvalue weighted by atomic mass is 35.5. The first-order valence-electron chi connectivity index (χ1n) is 6.14. The highest BCUT2D eigenvalue weighted by Gasteiger charge is 2.13. The van der Waals surface area contributed by atoms with Gasteiger partial charge in [-0.1, -0.05) is 23.7 Å². The molecule has 0 saturated heterocycles. The van der Waals surface area contributed by atoms with Crippen LogP contribution in [0.25, 0.3) is 27.9 Å². The molecule has 21 heavy (non-hydrogen) atoms. The largest absolute Gasteiger partial charge is 0.262 e. The van der Waals surface area contributed by atoms with Gasteiger partial charge in [0.25, 0.3) is 0 Å². The summed E-state index contributed by atoms with van der Waals surface area (Å²) < 4.78 is 1.51. The van der Waals surface area contributed by atoms with Crippen molar-refractivity contribution in [1.82, 2.24) is 24.6 Å². The van der Waals surface area contributed by atoms with Gasteiger partial charge in [-0.25, -0.2) is 9.97 Å². The molecule has 0 aliphatic rings. The number of pyridine rings is 1. The highest BCUT2D eigenvalue weighted by Crippen LogP contribution is 2.24. The van der Waals surface area contributed by atoms with Crippen LogP contribution in [0.2, 0.25) is 10.3 Å². The van der Waals surface area contributed by atoms with Gasteiger partial charge in [-0.2, -0.15) is 4.52 Å². The first kappa shape index (κ1) is 12.5. The number of fused-ring (bicyclic) bond motifs is 3. The number of nitrogens with zero attached hydrogens (tertiary/aromatic N) is 5. The Morgan fingerprint density at radius 2 is 1.86 bits per heavy atom. The van der Waals surface area contributed by atoms with E-state index in [1.165, 1.54) is 4.52 Å². The predicted octanol–water partition coefficient (Wildman–Crippen LogP) is 3.65. The van der Waals surface area contributed by atoms with E-state index in [1.54, 1.807) is 18.5 Å². The van der Waals surface area contributed by atoms with Crippen molar-refractivity contribution in [2.75, 3.05) is 0 Å². The minimum Gasteiger partial charge on any atom is -0.262 e. The molecule has 4 aromatic rings. The van der Waals surface area contributed by atoms with E-state index in [2.05, 4.69) is 20.1 Å². The quantitative estimate of drug-likeness (QED) is 0.503. The molecule has 102 valence electrons. The maximum atomic E-state index is 6.18. The molecule has 0 amide bonds. The second-order valence-electron chi connectivity index (χ2n) is 4.46. The Morgan fingerprint density at radius 3 is 2.71 bits per heavy atom. The number of aromatic nitrogens is 5. The smallest absolute Gasteiger partial charge is 0.226 e. The van der Waals surface area contributed by atoms with Gasteiger partial charge in [0.05, 0.1) is 10.5 Å². The fraction of sp³-hybridized carbons (Fsp3) is 0. The summed E-state index contributed by atoms with van der Waals surface area (Å²) in [7, 11) is 0. The summed E-state index contributed by atoms with van der Waals surface area (Å²) >= 11 is 12.1. The van der Waals surface area contributed by atoms with Crippen molar-refractivity contribution in [3.63, 3.8) is 0 Å². The molecule has 0 spiro atoms. The average molecular weight is 316 g/mol. The van der Waals surface area contributed by atoms with E-state index < -0.39 is 0 Å². The minimum atomic E-state index is 0.262. The normalized spacial score (nSPS) is 11.3. The number of rotatable bonds is 1. The lowest BCUT2D eigenvalue weighted by Crippen LogP contribution is -1.94. The summed E-state index contributed by atoms with van der Waals surface area (Å²) in [4.78, 5) is 12.9. The molecule has 0 unspecified atom stereocenters. The number of para-hydroxylation sites is 1. The fourth-order valence-electron chi connectivity index (χ4n) is 2.18. The molecular weight excluding hydrogens is 309 g/mol. The molecule has 4 rings (SSSR count). The predicted molar refractivity (Wildman–Crippen MR) is 81.5 cm³/mol. The van der Waals surface area contributed by atoms with Crippen LogP contribution in [0.5, 0.6) is 0 Å². The summed E-state index contributed by atoms with van der Waals surface area (Å²) in [5.41, 5.74) is 2.16. The van der Waals surface area contributed by atoms with Gasteiger partial charge in [0.2, 0.25) is 5.28 Å². The summed E-state index contributed by atoms with van der Waals surface area (Å²) in [5, 5.41) is 6.06. The van der Waals surface area contributed by atoms with E-state index in [0.717, 1.165) is 16.5 Å². The molecule has 3 aromatic heterocycles. The van der Waals surface area contributed by atoms with Gasteiger partial charge < -0.3 is 0 Å². The third-order valence-electron chi connectivity index (χ3n) is 3.10. The van der Waals surface area contributed by atoms with Gasteiger partial charge in [-0.3, -0.25) is 4.98 Å². The topological polar surface area (TPSA) is 56.0 Å². The number of benzene rings is 1. The first-order chi connectivity index (χ1) is 10.2. The maximum Gasteiger partial charge on any atom is 0.226 e. The van der Waals surface area contributed by atoms with Crippen LogP contribution in [0.1, 0.15) is 0 Å². The van der Waals surface area contributed by atoms with E-state index in [1.807, 2.05) is 24.3 Å². The van der Waals surface area contributed by atoms with Gasteiger partial charge in [0.15, 0.2) is 11.5 Å². The zero-order valence-electron chi connectivity index (χ0n) is 10.5. The Morgan fingerprint density at radius 1 is 1.00 bits per heavy atom. The first-order valence-corrected chi connectivity index (χ1v) is 6.90. The molecule has 0 aliphatic carbocycles. The molecule has 0 bridgehead atoms. The molecule has 0 fully saturated rings. The van der Waals surface area contributed by atoms with Crippen LogP contribution in [0.15, 0.2) is 42.7 Å². The van der Waals surface area contributed by atoms with Crippen LogP contribution in [-0.2, 0) is 0 Å². The Hall–Kier alpha value is -2.24. The van der Waals surface area contributed by atoms with E-state index in [0.29, 0.717) is 16.5 Å². The molecule has 0 aliphatic heterocycles. The van der Waals surface area contributed by atoms with E-state index in [9.17, 15) is 0 Å².